The first-order chi connectivity index (χ1) is 6.60. The molecule has 0 unspecified atom stereocenters. The first-order valence-electron chi connectivity index (χ1n) is 3.63. The lowest BCUT2D eigenvalue weighted by Crippen LogP contribution is -1.96. The third-order valence-corrected chi connectivity index (χ3v) is 2.29. The molecule has 0 heterocycles. The summed E-state index contributed by atoms with van der Waals surface area (Å²) < 4.78 is 0.429. The minimum atomic E-state index is -0.496. The second-order valence-electron chi connectivity index (χ2n) is 2.44. The number of nitro groups is 1. The van der Waals surface area contributed by atoms with E-state index >= 15 is 0 Å². The molecule has 14 heavy (non-hydrogen) atoms. The van der Waals surface area contributed by atoms with Crippen LogP contribution in [0.2, 0.25) is 0 Å². The van der Waals surface area contributed by atoms with Gasteiger partial charge in [-0.15, -0.1) is 0 Å². The molecule has 6 heteroatoms. The van der Waals surface area contributed by atoms with Crippen LogP contribution in [0.15, 0.2) is 16.6 Å². The summed E-state index contributed by atoms with van der Waals surface area (Å²) in [7, 11) is 1.57. The summed E-state index contributed by atoms with van der Waals surface area (Å²) in [6.07, 6.45) is 0. The van der Waals surface area contributed by atoms with E-state index in [1.165, 1.54) is 12.1 Å². The van der Waals surface area contributed by atoms with Crippen molar-refractivity contribution in [2.75, 3.05) is 12.4 Å². The van der Waals surface area contributed by atoms with Gasteiger partial charge in [0.2, 0.25) is 5.69 Å². The Morgan fingerprint density at radius 3 is 2.71 bits per heavy atom. The minimum Gasteiger partial charge on any atom is -0.384 e. The van der Waals surface area contributed by atoms with Gasteiger partial charge in [0.15, 0.2) is 0 Å². The van der Waals surface area contributed by atoms with Crippen LogP contribution in [0.4, 0.5) is 17.1 Å². The van der Waals surface area contributed by atoms with Gasteiger partial charge in [-0.05, 0) is 6.07 Å². The van der Waals surface area contributed by atoms with Crippen molar-refractivity contribution >= 4 is 33.0 Å². The number of anilines is 1. The summed E-state index contributed by atoms with van der Waals surface area (Å²) in [5.41, 5.74) is 0.635. The Balaban J connectivity index is 3.41. The van der Waals surface area contributed by atoms with Crippen molar-refractivity contribution in [3.63, 3.8) is 0 Å². The van der Waals surface area contributed by atoms with Crippen LogP contribution >= 0.6 is 15.9 Å². The zero-order valence-electron chi connectivity index (χ0n) is 7.24. The first-order valence-corrected chi connectivity index (χ1v) is 4.42. The van der Waals surface area contributed by atoms with E-state index in [2.05, 4.69) is 26.1 Å². The van der Waals surface area contributed by atoms with Gasteiger partial charge in [0.05, 0.1) is 11.5 Å². The molecular formula is C8H6BrN3O2. The van der Waals surface area contributed by atoms with Gasteiger partial charge in [0.1, 0.15) is 5.69 Å². The van der Waals surface area contributed by atoms with Crippen molar-refractivity contribution in [3.8, 4) is 0 Å². The largest absolute Gasteiger partial charge is 0.384 e. The molecule has 0 saturated heterocycles. The molecular weight excluding hydrogens is 250 g/mol. The molecule has 1 N–H and O–H groups in total. The van der Waals surface area contributed by atoms with Gasteiger partial charge >= 0.3 is 0 Å². The maximum atomic E-state index is 10.6. The van der Waals surface area contributed by atoms with E-state index in [0.29, 0.717) is 15.8 Å². The zero-order chi connectivity index (χ0) is 10.7. The molecule has 1 aromatic rings. The van der Waals surface area contributed by atoms with E-state index in [0.717, 1.165) is 0 Å². The molecule has 0 aliphatic heterocycles. The molecule has 0 saturated carbocycles. The van der Waals surface area contributed by atoms with Crippen LogP contribution in [-0.2, 0) is 0 Å². The molecule has 0 amide bonds. The smallest absolute Gasteiger partial charge is 0.290 e. The maximum absolute atomic E-state index is 10.6. The van der Waals surface area contributed by atoms with E-state index in [9.17, 15) is 10.1 Å². The molecule has 0 radical (unpaired) electrons. The summed E-state index contributed by atoms with van der Waals surface area (Å²) in [6, 6.07) is 2.76. The Bertz CT molecular complexity index is 425. The van der Waals surface area contributed by atoms with Crippen LogP contribution in [0, 0.1) is 16.7 Å². The van der Waals surface area contributed by atoms with Crippen LogP contribution in [-0.4, -0.2) is 12.0 Å². The average molecular weight is 256 g/mol. The van der Waals surface area contributed by atoms with E-state index < -0.39 is 4.92 Å². The Morgan fingerprint density at radius 2 is 2.29 bits per heavy atom. The molecule has 1 rings (SSSR count). The van der Waals surface area contributed by atoms with Gasteiger partial charge in [-0.2, -0.15) is 0 Å². The second kappa shape index (κ2) is 4.07. The lowest BCUT2D eigenvalue weighted by Gasteiger charge is -2.03. The van der Waals surface area contributed by atoms with Gasteiger partial charge in [0, 0.05) is 17.6 Å². The summed E-state index contributed by atoms with van der Waals surface area (Å²) in [6.45, 7) is 6.83. The number of nitrogens with one attached hydrogen (secondary N) is 1. The molecule has 0 aliphatic rings. The molecule has 0 aromatic heterocycles. The topological polar surface area (TPSA) is 59.5 Å². The molecule has 5 nitrogen and oxygen atoms in total. The van der Waals surface area contributed by atoms with Gasteiger partial charge in [-0.3, -0.25) is 10.1 Å². The Hall–Kier alpha value is -1.61. The molecule has 0 spiro atoms. The number of rotatable bonds is 2. The van der Waals surface area contributed by atoms with Crippen molar-refractivity contribution in [2.24, 2.45) is 0 Å². The second-order valence-corrected chi connectivity index (χ2v) is 3.29. The highest BCUT2D eigenvalue weighted by Gasteiger charge is 2.15. The summed E-state index contributed by atoms with van der Waals surface area (Å²) in [5, 5.41) is 13.3. The highest BCUT2D eigenvalue weighted by Crippen LogP contribution is 2.35. The molecule has 72 valence electrons. The fourth-order valence-electron chi connectivity index (χ4n) is 0.988. The summed E-state index contributed by atoms with van der Waals surface area (Å²) >= 11 is 3.09. The standard InChI is InChI=1S/C8H6BrN3O2/c1-10-6-4-7(11-2)8(12(13)14)3-5(6)9/h3-4,11H,2H3. The third kappa shape index (κ3) is 1.83. The van der Waals surface area contributed by atoms with Gasteiger partial charge in [0.25, 0.3) is 5.69 Å². The van der Waals surface area contributed by atoms with Crippen molar-refractivity contribution in [1.82, 2.24) is 0 Å². The van der Waals surface area contributed by atoms with Crippen LogP contribution in [0.25, 0.3) is 4.85 Å². The SMILES string of the molecule is [C-]#[N+]c1cc(NC)c([N+](=O)[O-])cc1Br. The molecule has 1 aromatic carbocycles. The monoisotopic (exact) mass is 255 g/mol. The first kappa shape index (κ1) is 10.5. The third-order valence-electron chi connectivity index (χ3n) is 1.65. The van der Waals surface area contributed by atoms with Crippen molar-refractivity contribution in [2.45, 2.75) is 0 Å². The lowest BCUT2D eigenvalue weighted by molar-refractivity contribution is -0.384. The number of halogens is 1. The zero-order valence-corrected chi connectivity index (χ0v) is 8.83. The van der Waals surface area contributed by atoms with Crippen LogP contribution in [0.5, 0.6) is 0 Å². The number of hydrogen-bond acceptors (Lipinski definition) is 3. The van der Waals surface area contributed by atoms with Crippen molar-refractivity contribution in [1.29, 1.82) is 0 Å². The van der Waals surface area contributed by atoms with E-state index in [1.807, 2.05) is 0 Å². The average Bonchev–Trinajstić information content (AvgIpc) is 2.17. The predicted molar refractivity (Wildman–Crippen MR) is 56.6 cm³/mol. The number of benzene rings is 1. The van der Waals surface area contributed by atoms with Crippen molar-refractivity contribution in [3.05, 3.63) is 38.1 Å². The quantitative estimate of drug-likeness (QED) is 0.502. The number of hydrogen-bond donors (Lipinski definition) is 1. The van der Waals surface area contributed by atoms with Gasteiger partial charge in [-0.1, -0.05) is 15.9 Å². The fourth-order valence-corrected chi connectivity index (χ4v) is 1.41. The molecule has 0 fully saturated rings. The van der Waals surface area contributed by atoms with Gasteiger partial charge in [-0.25, -0.2) is 4.85 Å². The number of nitrogens with zero attached hydrogens (tertiary/aromatic N) is 2. The number of nitro benzene ring substituents is 1. The predicted octanol–water partition coefficient (Wildman–Crippen LogP) is 2.95. The van der Waals surface area contributed by atoms with E-state index in [1.54, 1.807) is 7.05 Å². The Labute approximate surface area is 88.8 Å². The molecule has 0 aliphatic carbocycles. The Morgan fingerprint density at radius 1 is 1.64 bits per heavy atom. The van der Waals surface area contributed by atoms with Gasteiger partial charge < -0.3 is 5.32 Å². The summed E-state index contributed by atoms with van der Waals surface area (Å²) in [4.78, 5) is 13.3. The van der Waals surface area contributed by atoms with Crippen LogP contribution in [0.3, 0.4) is 0 Å². The minimum absolute atomic E-state index is 0.0493. The maximum Gasteiger partial charge on any atom is 0.290 e. The Kier molecular flexibility index (Phi) is 3.04. The highest BCUT2D eigenvalue weighted by atomic mass is 79.9. The van der Waals surface area contributed by atoms with Crippen LogP contribution < -0.4 is 5.32 Å². The van der Waals surface area contributed by atoms with E-state index in [-0.39, 0.29) is 5.69 Å². The normalized spacial score (nSPS) is 9.21. The lowest BCUT2D eigenvalue weighted by atomic mass is 10.2. The van der Waals surface area contributed by atoms with Crippen molar-refractivity contribution < 1.29 is 4.92 Å². The summed E-state index contributed by atoms with van der Waals surface area (Å²) in [5.74, 6) is 0. The van der Waals surface area contributed by atoms with E-state index in [4.69, 9.17) is 6.57 Å². The fraction of sp³-hybridized carbons (Fsp3) is 0.125. The highest BCUT2D eigenvalue weighted by molar-refractivity contribution is 9.10. The molecule has 0 atom stereocenters. The molecule has 0 bridgehead atoms. The van der Waals surface area contributed by atoms with Crippen LogP contribution in [0.1, 0.15) is 0 Å².